The van der Waals surface area contributed by atoms with Crippen LogP contribution in [0.3, 0.4) is 0 Å². The van der Waals surface area contributed by atoms with Crippen LogP contribution in [0.25, 0.3) is 5.69 Å². The highest BCUT2D eigenvalue weighted by molar-refractivity contribution is 6.02. The van der Waals surface area contributed by atoms with Crippen molar-refractivity contribution in [2.75, 3.05) is 25.5 Å². The number of carbonyl (C=O) groups excluding carboxylic acids is 1. The molecule has 1 saturated heterocycles. The van der Waals surface area contributed by atoms with Crippen LogP contribution in [0.4, 0.5) is 5.95 Å². The van der Waals surface area contributed by atoms with E-state index < -0.39 is 0 Å². The number of hydrogen-bond donors (Lipinski definition) is 2. The standard InChI is InChI=1S/C19H24N8O2.ClH/c1-12-16(23-25-27(12)14-4-6-15(29-3)7-5-14)18(28)22-19-21-17(24-26(19)2)13-8-10-20-11-9-13;/h4-7,13,20H,8-11H2,1-3H3,(H,21,22,24,28);1H. The van der Waals surface area contributed by atoms with Crippen molar-refractivity contribution < 1.29 is 9.53 Å². The van der Waals surface area contributed by atoms with Crippen LogP contribution in [0, 0.1) is 6.92 Å². The number of rotatable bonds is 5. The van der Waals surface area contributed by atoms with Crippen LogP contribution in [0.2, 0.25) is 0 Å². The number of piperidine rings is 1. The molecule has 0 radical (unpaired) electrons. The van der Waals surface area contributed by atoms with Crippen LogP contribution in [-0.2, 0) is 7.05 Å². The number of benzene rings is 1. The minimum Gasteiger partial charge on any atom is -0.497 e. The van der Waals surface area contributed by atoms with Crippen molar-refractivity contribution in [3.05, 3.63) is 41.5 Å². The number of methoxy groups -OCH3 is 1. The molecule has 0 atom stereocenters. The second-order valence-corrected chi connectivity index (χ2v) is 7.03. The SMILES string of the molecule is COc1ccc(-n2nnc(C(=O)Nc3nc(C4CCNCC4)nn3C)c2C)cc1.Cl. The van der Waals surface area contributed by atoms with E-state index in [1.165, 1.54) is 0 Å². The first-order chi connectivity index (χ1) is 14.1. The first kappa shape index (κ1) is 21.7. The van der Waals surface area contributed by atoms with Gasteiger partial charge in [-0.2, -0.15) is 10.1 Å². The van der Waals surface area contributed by atoms with Gasteiger partial charge in [-0.05, 0) is 57.1 Å². The summed E-state index contributed by atoms with van der Waals surface area (Å²) in [6, 6.07) is 7.38. The summed E-state index contributed by atoms with van der Waals surface area (Å²) >= 11 is 0. The Balaban J connectivity index is 0.00000256. The molecule has 3 heterocycles. The molecule has 1 aromatic carbocycles. The summed E-state index contributed by atoms with van der Waals surface area (Å²) in [7, 11) is 3.38. The molecule has 1 aliphatic heterocycles. The van der Waals surface area contributed by atoms with Crippen molar-refractivity contribution in [1.82, 2.24) is 35.1 Å². The van der Waals surface area contributed by atoms with Gasteiger partial charge in [-0.25, -0.2) is 9.36 Å². The highest BCUT2D eigenvalue weighted by atomic mass is 35.5. The summed E-state index contributed by atoms with van der Waals surface area (Å²) in [4.78, 5) is 17.3. The molecule has 0 bridgehead atoms. The lowest BCUT2D eigenvalue weighted by Crippen LogP contribution is -2.27. The van der Waals surface area contributed by atoms with Gasteiger partial charge in [0.2, 0.25) is 5.95 Å². The summed E-state index contributed by atoms with van der Waals surface area (Å²) < 4.78 is 8.39. The number of hydrogen-bond acceptors (Lipinski definition) is 7. The molecule has 0 unspecified atom stereocenters. The normalized spacial score (nSPS) is 14.2. The van der Waals surface area contributed by atoms with Gasteiger partial charge >= 0.3 is 0 Å². The zero-order valence-corrected chi connectivity index (χ0v) is 17.9. The molecule has 2 N–H and O–H groups in total. The summed E-state index contributed by atoms with van der Waals surface area (Å²) in [5.74, 6) is 1.86. The summed E-state index contributed by atoms with van der Waals surface area (Å²) in [6.45, 7) is 3.72. The molecular formula is C19H25ClN8O2. The maximum absolute atomic E-state index is 12.8. The molecule has 11 heteroatoms. The molecule has 10 nitrogen and oxygen atoms in total. The topological polar surface area (TPSA) is 112 Å². The van der Waals surface area contributed by atoms with Gasteiger partial charge in [-0.1, -0.05) is 5.21 Å². The lowest BCUT2D eigenvalue weighted by Gasteiger charge is -2.19. The van der Waals surface area contributed by atoms with E-state index in [0.717, 1.165) is 43.2 Å². The molecule has 0 saturated carbocycles. The van der Waals surface area contributed by atoms with Gasteiger partial charge in [-0.15, -0.1) is 17.5 Å². The first-order valence-corrected chi connectivity index (χ1v) is 9.56. The predicted molar refractivity (Wildman–Crippen MR) is 114 cm³/mol. The highest BCUT2D eigenvalue weighted by Gasteiger charge is 2.23. The van der Waals surface area contributed by atoms with Crippen molar-refractivity contribution in [2.45, 2.75) is 25.7 Å². The van der Waals surface area contributed by atoms with Crippen LogP contribution in [0.15, 0.2) is 24.3 Å². The third-order valence-electron chi connectivity index (χ3n) is 5.14. The van der Waals surface area contributed by atoms with Crippen molar-refractivity contribution in [1.29, 1.82) is 0 Å². The Morgan fingerprint density at radius 1 is 1.23 bits per heavy atom. The fraction of sp³-hybridized carbons (Fsp3) is 0.421. The van der Waals surface area contributed by atoms with Gasteiger partial charge in [0.05, 0.1) is 18.5 Å². The summed E-state index contributed by atoms with van der Waals surface area (Å²) in [6.07, 6.45) is 1.99. The molecule has 0 spiro atoms. The van der Waals surface area contributed by atoms with E-state index in [0.29, 0.717) is 17.6 Å². The van der Waals surface area contributed by atoms with Crippen molar-refractivity contribution in [3.63, 3.8) is 0 Å². The monoisotopic (exact) mass is 432 g/mol. The molecule has 0 aliphatic carbocycles. The number of halogens is 1. The molecule has 30 heavy (non-hydrogen) atoms. The molecule has 160 valence electrons. The van der Waals surface area contributed by atoms with Gasteiger partial charge in [-0.3, -0.25) is 10.1 Å². The molecular weight excluding hydrogens is 408 g/mol. The minimum absolute atomic E-state index is 0. The van der Waals surface area contributed by atoms with E-state index in [4.69, 9.17) is 4.74 Å². The Hall–Kier alpha value is -2.98. The van der Waals surface area contributed by atoms with Crippen LogP contribution in [0.1, 0.15) is 40.8 Å². The van der Waals surface area contributed by atoms with E-state index in [1.54, 1.807) is 30.4 Å². The van der Waals surface area contributed by atoms with E-state index in [9.17, 15) is 4.79 Å². The number of carbonyl (C=O) groups is 1. The number of ether oxygens (including phenoxy) is 1. The van der Waals surface area contributed by atoms with Gasteiger partial charge in [0, 0.05) is 13.0 Å². The van der Waals surface area contributed by atoms with Gasteiger partial charge < -0.3 is 10.1 Å². The van der Waals surface area contributed by atoms with Crippen LogP contribution in [-0.4, -0.2) is 55.9 Å². The predicted octanol–water partition coefficient (Wildman–Crippen LogP) is 1.85. The minimum atomic E-state index is -0.366. The fourth-order valence-corrected chi connectivity index (χ4v) is 3.43. The number of nitrogens with one attached hydrogen (secondary N) is 2. The van der Waals surface area contributed by atoms with Crippen LogP contribution >= 0.6 is 12.4 Å². The second-order valence-electron chi connectivity index (χ2n) is 7.03. The maximum atomic E-state index is 12.8. The molecule has 3 aromatic rings. The average molecular weight is 433 g/mol. The van der Waals surface area contributed by atoms with Gasteiger partial charge in [0.25, 0.3) is 5.91 Å². The van der Waals surface area contributed by atoms with E-state index in [1.807, 2.05) is 24.3 Å². The van der Waals surface area contributed by atoms with Crippen molar-refractivity contribution >= 4 is 24.3 Å². The molecule has 1 amide bonds. The quantitative estimate of drug-likeness (QED) is 0.632. The Morgan fingerprint density at radius 2 is 1.93 bits per heavy atom. The largest absolute Gasteiger partial charge is 0.497 e. The van der Waals surface area contributed by atoms with Crippen LogP contribution < -0.4 is 15.4 Å². The smallest absolute Gasteiger partial charge is 0.280 e. The van der Waals surface area contributed by atoms with Gasteiger partial charge in [0.15, 0.2) is 11.5 Å². The Bertz CT molecular complexity index is 1010. The zero-order valence-electron chi connectivity index (χ0n) is 17.1. The number of amides is 1. The average Bonchev–Trinajstić information content (AvgIpc) is 3.31. The number of nitrogens with zero attached hydrogens (tertiary/aromatic N) is 6. The first-order valence-electron chi connectivity index (χ1n) is 9.56. The van der Waals surface area contributed by atoms with E-state index in [2.05, 4.69) is 31.0 Å². The summed E-state index contributed by atoms with van der Waals surface area (Å²) in [5, 5.41) is 18.8. The Morgan fingerprint density at radius 3 is 2.60 bits per heavy atom. The lowest BCUT2D eigenvalue weighted by atomic mass is 9.98. The van der Waals surface area contributed by atoms with E-state index >= 15 is 0 Å². The lowest BCUT2D eigenvalue weighted by molar-refractivity contribution is 0.102. The maximum Gasteiger partial charge on any atom is 0.280 e. The third kappa shape index (κ3) is 4.29. The van der Waals surface area contributed by atoms with Gasteiger partial charge in [0.1, 0.15) is 5.75 Å². The zero-order chi connectivity index (χ0) is 20.4. The molecule has 1 aliphatic rings. The highest BCUT2D eigenvalue weighted by Crippen LogP contribution is 2.23. The Kier molecular flexibility index (Phi) is 6.68. The molecule has 2 aromatic heterocycles. The van der Waals surface area contributed by atoms with Crippen LogP contribution in [0.5, 0.6) is 5.75 Å². The van der Waals surface area contributed by atoms with Crippen molar-refractivity contribution in [2.24, 2.45) is 7.05 Å². The fourth-order valence-electron chi connectivity index (χ4n) is 3.43. The van der Waals surface area contributed by atoms with Crippen molar-refractivity contribution in [3.8, 4) is 11.4 Å². The Labute approximate surface area is 180 Å². The molecule has 4 rings (SSSR count). The third-order valence-corrected chi connectivity index (χ3v) is 5.14. The number of anilines is 1. The number of aryl methyl sites for hydroxylation is 1. The summed E-state index contributed by atoms with van der Waals surface area (Å²) in [5.41, 5.74) is 1.67. The second kappa shape index (κ2) is 9.23. The van der Waals surface area contributed by atoms with E-state index in [-0.39, 0.29) is 24.0 Å². The molecule has 1 fully saturated rings. The number of aromatic nitrogens is 6.